The number of benzene rings is 2. The molecule has 0 aromatic heterocycles. The lowest BCUT2D eigenvalue weighted by Gasteiger charge is -2.15. The minimum absolute atomic E-state index is 0.110. The summed E-state index contributed by atoms with van der Waals surface area (Å²) in [6.45, 7) is 4.34. The van der Waals surface area contributed by atoms with Crippen molar-refractivity contribution in [1.82, 2.24) is 0 Å². The molecule has 0 aliphatic heterocycles. The molecule has 0 saturated carbocycles. The van der Waals surface area contributed by atoms with E-state index in [1.165, 1.54) is 0 Å². The van der Waals surface area contributed by atoms with Crippen molar-refractivity contribution in [3.63, 3.8) is 0 Å². The molecule has 0 radical (unpaired) electrons. The van der Waals surface area contributed by atoms with Crippen molar-refractivity contribution in [2.45, 2.75) is 26.5 Å². The van der Waals surface area contributed by atoms with Crippen LogP contribution in [0.3, 0.4) is 0 Å². The van der Waals surface area contributed by atoms with Crippen molar-refractivity contribution < 1.29 is 9.53 Å². The van der Waals surface area contributed by atoms with Gasteiger partial charge in [-0.05, 0) is 35.7 Å². The molecule has 116 valence electrons. The summed E-state index contributed by atoms with van der Waals surface area (Å²) < 4.78 is 5.68. The fourth-order valence-corrected chi connectivity index (χ4v) is 1.90. The van der Waals surface area contributed by atoms with Gasteiger partial charge in [0.25, 0.3) is 0 Å². The van der Waals surface area contributed by atoms with Crippen molar-refractivity contribution in [3.8, 4) is 5.75 Å². The standard InChI is InChI=1S/C18H22N2O2/c1-13(2)17(19)18(21)20-15-10-8-14(9-11-15)12-22-16-6-4-3-5-7-16/h3-11,13,17H,12,19H2,1-2H3,(H,20,21)/t17-/m0/s1. The van der Waals surface area contributed by atoms with Gasteiger partial charge in [-0.2, -0.15) is 0 Å². The zero-order chi connectivity index (χ0) is 15.9. The minimum Gasteiger partial charge on any atom is -0.489 e. The van der Waals surface area contributed by atoms with Crippen LogP contribution in [0.5, 0.6) is 5.75 Å². The summed E-state index contributed by atoms with van der Waals surface area (Å²) >= 11 is 0. The fraction of sp³-hybridized carbons (Fsp3) is 0.278. The SMILES string of the molecule is CC(C)[C@H](N)C(=O)Nc1ccc(COc2ccccc2)cc1. The van der Waals surface area contributed by atoms with Gasteiger partial charge in [-0.1, -0.05) is 44.2 Å². The molecular formula is C18H22N2O2. The number of carbonyl (C=O) groups excluding carboxylic acids is 1. The molecule has 22 heavy (non-hydrogen) atoms. The molecule has 2 rings (SSSR count). The lowest BCUT2D eigenvalue weighted by molar-refractivity contribution is -0.118. The molecule has 3 N–H and O–H groups in total. The highest BCUT2D eigenvalue weighted by Crippen LogP contribution is 2.14. The molecule has 0 aliphatic rings. The normalized spacial score (nSPS) is 12.0. The van der Waals surface area contributed by atoms with Crippen molar-refractivity contribution >= 4 is 11.6 Å². The van der Waals surface area contributed by atoms with Crippen LogP contribution < -0.4 is 15.8 Å². The van der Waals surface area contributed by atoms with Crippen LogP contribution in [0.25, 0.3) is 0 Å². The van der Waals surface area contributed by atoms with E-state index >= 15 is 0 Å². The molecule has 4 nitrogen and oxygen atoms in total. The van der Waals surface area contributed by atoms with Gasteiger partial charge in [0, 0.05) is 5.69 Å². The first kappa shape index (κ1) is 16.0. The molecule has 0 unspecified atom stereocenters. The van der Waals surface area contributed by atoms with E-state index in [9.17, 15) is 4.79 Å². The number of hydrogen-bond donors (Lipinski definition) is 2. The molecule has 2 aromatic carbocycles. The van der Waals surface area contributed by atoms with Gasteiger partial charge >= 0.3 is 0 Å². The van der Waals surface area contributed by atoms with E-state index in [2.05, 4.69) is 5.32 Å². The summed E-state index contributed by atoms with van der Waals surface area (Å²) in [7, 11) is 0. The first-order valence-corrected chi connectivity index (χ1v) is 7.39. The van der Waals surface area contributed by atoms with E-state index in [1.54, 1.807) is 0 Å². The molecule has 4 heteroatoms. The summed E-state index contributed by atoms with van der Waals surface area (Å²) in [5.74, 6) is 0.782. The second-order valence-corrected chi connectivity index (χ2v) is 5.56. The minimum atomic E-state index is -0.499. The van der Waals surface area contributed by atoms with Gasteiger partial charge in [0.2, 0.25) is 5.91 Å². The first-order chi connectivity index (χ1) is 10.6. The highest BCUT2D eigenvalue weighted by atomic mass is 16.5. The third kappa shape index (κ3) is 4.60. The van der Waals surface area contributed by atoms with Crippen LogP contribution in [-0.2, 0) is 11.4 Å². The fourth-order valence-electron chi connectivity index (χ4n) is 1.90. The number of rotatable bonds is 6. The van der Waals surface area contributed by atoms with E-state index in [0.29, 0.717) is 6.61 Å². The highest BCUT2D eigenvalue weighted by molar-refractivity contribution is 5.94. The van der Waals surface area contributed by atoms with Crippen LogP contribution in [-0.4, -0.2) is 11.9 Å². The van der Waals surface area contributed by atoms with Gasteiger partial charge in [0.1, 0.15) is 12.4 Å². The lowest BCUT2D eigenvalue weighted by atomic mass is 10.0. The van der Waals surface area contributed by atoms with Crippen LogP contribution in [0.1, 0.15) is 19.4 Å². The maximum absolute atomic E-state index is 11.9. The molecule has 0 heterocycles. The molecule has 2 aromatic rings. The molecule has 0 saturated heterocycles. The number of hydrogen-bond acceptors (Lipinski definition) is 3. The zero-order valence-electron chi connectivity index (χ0n) is 13.0. The van der Waals surface area contributed by atoms with Gasteiger partial charge in [-0.25, -0.2) is 0 Å². The van der Waals surface area contributed by atoms with Crippen LogP contribution in [0, 0.1) is 5.92 Å². The van der Waals surface area contributed by atoms with E-state index in [0.717, 1.165) is 17.0 Å². The Morgan fingerprint density at radius 2 is 1.73 bits per heavy atom. The Hall–Kier alpha value is -2.33. The first-order valence-electron chi connectivity index (χ1n) is 7.39. The number of para-hydroxylation sites is 1. The second kappa shape index (κ2) is 7.61. The number of anilines is 1. The monoisotopic (exact) mass is 298 g/mol. The maximum atomic E-state index is 11.9. The highest BCUT2D eigenvalue weighted by Gasteiger charge is 2.16. The molecule has 0 spiro atoms. The van der Waals surface area contributed by atoms with Crippen LogP contribution in [0.2, 0.25) is 0 Å². The summed E-state index contributed by atoms with van der Waals surface area (Å²) in [5, 5.41) is 2.82. The van der Waals surface area contributed by atoms with Gasteiger partial charge in [0.05, 0.1) is 6.04 Å². The lowest BCUT2D eigenvalue weighted by Crippen LogP contribution is -2.39. The molecule has 0 aliphatic carbocycles. The predicted molar refractivity (Wildman–Crippen MR) is 88.7 cm³/mol. The van der Waals surface area contributed by atoms with Gasteiger partial charge in [0.15, 0.2) is 0 Å². The number of nitrogens with two attached hydrogens (primary N) is 1. The van der Waals surface area contributed by atoms with Gasteiger partial charge in [-0.15, -0.1) is 0 Å². The Bertz CT molecular complexity index is 594. The molecule has 1 atom stereocenters. The average molecular weight is 298 g/mol. The van der Waals surface area contributed by atoms with Crippen LogP contribution in [0.4, 0.5) is 5.69 Å². The van der Waals surface area contributed by atoms with Crippen molar-refractivity contribution in [2.75, 3.05) is 5.32 Å². The topological polar surface area (TPSA) is 64.4 Å². The molecule has 1 amide bonds. The molecule has 0 fully saturated rings. The Kier molecular flexibility index (Phi) is 5.55. The maximum Gasteiger partial charge on any atom is 0.241 e. The van der Waals surface area contributed by atoms with E-state index in [1.807, 2.05) is 68.4 Å². The molecule has 0 bridgehead atoms. The van der Waals surface area contributed by atoms with E-state index < -0.39 is 6.04 Å². The van der Waals surface area contributed by atoms with Crippen LogP contribution in [0.15, 0.2) is 54.6 Å². The summed E-state index contributed by atoms with van der Waals surface area (Å²) in [6.07, 6.45) is 0. The largest absolute Gasteiger partial charge is 0.489 e. The predicted octanol–water partition coefficient (Wildman–Crippen LogP) is 3.19. The second-order valence-electron chi connectivity index (χ2n) is 5.56. The summed E-state index contributed by atoms with van der Waals surface area (Å²) in [4.78, 5) is 11.9. The van der Waals surface area contributed by atoms with Crippen molar-refractivity contribution in [1.29, 1.82) is 0 Å². The van der Waals surface area contributed by atoms with Crippen LogP contribution >= 0.6 is 0 Å². The number of carbonyl (C=O) groups is 1. The van der Waals surface area contributed by atoms with Crippen molar-refractivity contribution in [2.24, 2.45) is 11.7 Å². The Balaban J connectivity index is 1.89. The smallest absolute Gasteiger partial charge is 0.241 e. The number of nitrogens with one attached hydrogen (secondary N) is 1. The summed E-state index contributed by atoms with van der Waals surface area (Å²) in [6, 6.07) is 16.7. The van der Waals surface area contributed by atoms with Gasteiger partial charge < -0.3 is 15.8 Å². The van der Waals surface area contributed by atoms with E-state index in [4.69, 9.17) is 10.5 Å². The van der Waals surface area contributed by atoms with Crippen molar-refractivity contribution in [3.05, 3.63) is 60.2 Å². The summed E-state index contributed by atoms with van der Waals surface area (Å²) in [5.41, 5.74) is 7.60. The van der Waals surface area contributed by atoms with Gasteiger partial charge in [-0.3, -0.25) is 4.79 Å². The third-order valence-corrected chi connectivity index (χ3v) is 3.39. The number of ether oxygens (including phenoxy) is 1. The molecular weight excluding hydrogens is 276 g/mol. The van der Waals surface area contributed by atoms with E-state index in [-0.39, 0.29) is 11.8 Å². The Morgan fingerprint density at radius 3 is 2.32 bits per heavy atom. The quantitative estimate of drug-likeness (QED) is 0.861. The average Bonchev–Trinajstić information content (AvgIpc) is 2.54. The third-order valence-electron chi connectivity index (χ3n) is 3.39. The zero-order valence-corrected chi connectivity index (χ0v) is 13.0. The Morgan fingerprint density at radius 1 is 1.09 bits per heavy atom. The Labute approximate surface area is 131 Å². The number of amides is 1.